The molecule has 4 nitrogen and oxygen atoms in total. The zero-order valence-corrected chi connectivity index (χ0v) is 14.3. The predicted molar refractivity (Wildman–Crippen MR) is 57.9 cm³/mol. The van der Waals surface area contributed by atoms with Gasteiger partial charge in [0.2, 0.25) is 0 Å². The van der Waals surface area contributed by atoms with E-state index in [1.54, 1.807) is 0 Å². The Kier molecular flexibility index (Phi) is 13.1. The maximum atomic E-state index is 11.0. The van der Waals surface area contributed by atoms with Gasteiger partial charge in [-0.25, -0.2) is 0 Å². The van der Waals surface area contributed by atoms with E-state index in [-0.39, 0.29) is 39.4 Å². The van der Waals surface area contributed by atoms with E-state index in [0.717, 1.165) is 25.7 Å². The molecule has 0 saturated heterocycles. The molecule has 0 aromatic heterocycles. The van der Waals surface area contributed by atoms with E-state index in [4.69, 9.17) is 0 Å². The van der Waals surface area contributed by atoms with Crippen molar-refractivity contribution in [3.05, 3.63) is 0 Å². The Morgan fingerprint density at radius 3 is 1.71 bits per heavy atom. The summed E-state index contributed by atoms with van der Waals surface area (Å²) in [5.41, 5.74) is 0. The summed E-state index contributed by atoms with van der Waals surface area (Å²) in [7, 11) is -4.00. The number of phosphoric ester groups is 1. The molecule has 0 atom stereocenters. The molecule has 0 amide bonds. The molecule has 0 saturated carbocycles. The molecule has 0 aliphatic heterocycles. The molecular formula is C8H20BiO4P. The normalized spacial score (nSPS) is 11.1. The molecule has 14 heavy (non-hydrogen) atoms. The van der Waals surface area contributed by atoms with Crippen molar-refractivity contribution < 1.29 is 18.5 Å². The van der Waals surface area contributed by atoms with Crippen molar-refractivity contribution in [2.45, 2.75) is 39.5 Å². The fourth-order valence-electron chi connectivity index (χ4n) is 0.679. The zero-order valence-electron chi connectivity index (χ0n) is 8.90. The Hall–Kier alpha value is 0.993. The van der Waals surface area contributed by atoms with Crippen LogP contribution in [0.4, 0.5) is 0 Å². The van der Waals surface area contributed by atoms with Crippen LogP contribution < -0.4 is 4.89 Å². The van der Waals surface area contributed by atoms with Crippen molar-refractivity contribution >= 4 is 34.0 Å². The second kappa shape index (κ2) is 10.5. The summed E-state index contributed by atoms with van der Waals surface area (Å²) in [6.07, 6.45) is 3.30. The molecule has 0 aromatic carbocycles. The summed E-state index contributed by atoms with van der Waals surface area (Å²) in [5, 5.41) is 0. The van der Waals surface area contributed by atoms with Gasteiger partial charge in [0.25, 0.3) is 7.82 Å². The molecule has 0 fully saturated rings. The molecule has 86 valence electrons. The van der Waals surface area contributed by atoms with E-state index in [0.29, 0.717) is 0 Å². The first-order valence-corrected chi connectivity index (χ1v) is 6.18. The monoisotopic (exact) mass is 420 g/mol. The molecule has 2 radical (unpaired) electrons. The van der Waals surface area contributed by atoms with Crippen molar-refractivity contribution in [3.8, 4) is 0 Å². The van der Waals surface area contributed by atoms with Crippen molar-refractivity contribution in [1.29, 1.82) is 0 Å². The van der Waals surface area contributed by atoms with Gasteiger partial charge in [-0.15, -0.1) is 0 Å². The molecular weight excluding hydrogens is 400 g/mol. The van der Waals surface area contributed by atoms with Gasteiger partial charge in [0.1, 0.15) is 0 Å². The standard InChI is InChI=1S/C8H19O4P.Bi.2H/c1-3-5-7-11-13(9,10)12-8-6-4-2;;;/h3-8H2,1-2H3,(H,9,10);;;/q;+1;;/p-1. The summed E-state index contributed by atoms with van der Waals surface area (Å²) in [5.74, 6) is 0. The summed E-state index contributed by atoms with van der Waals surface area (Å²) >= 11 is 0. The first kappa shape index (κ1) is 17.4. The topological polar surface area (TPSA) is 58.6 Å². The maximum absolute atomic E-state index is 11.0. The summed E-state index contributed by atoms with van der Waals surface area (Å²) in [6, 6.07) is 0. The molecule has 0 aliphatic carbocycles. The van der Waals surface area contributed by atoms with Gasteiger partial charge in [0, 0.05) is 0 Å². The summed E-state index contributed by atoms with van der Waals surface area (Å²) in [4.78, 5) is 11.0. The number of rotatable bonds is 8. The third-order valence-corrected chi connectivity index (χ3v) is 2.49. The molecule has 0 aromatic rings. The Balaban J connectivity index is 0. The second-order valence-corrected chi connectivity index (χ2v) is 4.23. The molecule has 0 unspecified atom stereocenters. The van der Waals surface area contributed by atoms with Crippen LogP contribution in [0.25, 0.3) is 0 Å². The Morgan fingerprint density at radius 1 is 1.07 bits per heavy atom. The van der Waals surface area contributed by atoms with Crippen molar-refractivity contribution in [2.75, 3.05) is 13.2 Å². The molecule has 0 rings (SSSR count). The minimum atomic E-state index is -4.00. The summed E-state index contributed by atoms with van der Waals surface area (Å²) in [6.45, 7) is 4.39. The van der Waals surface area contributed by atoms with Gasteiger partial charge in [0.05, 0.1) is 13.2 Å². The van der Waals surface area contributed by atoms with Crippen LogP contribution in [0.3, 0.4) is 0 Å². The average molecular weight is 420 g/mol. The first-order valence-electron chi connectivity index (χ1n) is 4.72. The van der Waals surface area contributed by atoms with Gasteiger partial charge < -0.3 is 13.9 Å². The minimum absolute atomic E-state index is 0. The van der Waals surface area contributed by atoms with Crippen LogP contribution in [0, 0.1) is 0 Å². The molecule has 0 heterocycles. The van der Waals surface area contributed by atoms with E-state index in [1.807, 2.05) is 13.8 Å². The molecule has 6 heteroatoms. The Labute approximate surface area is 105 Å². The quantitative estimate of drug-likeness (QED) is 0.336. The predicted octanol–water partition coefficient (Wildman–Crippen LogP) is 1.17. The van der Waals surface area contributed by atoms with Crippen molar-refractivity contribution in [1.82, 2.24) is 0 Å². The zero-order chi connectivity index (χ0) is 10.2. The second-order valence-electron chi connectivity index (χ2n) is 2.82. The number of hydrogen-bond donors (Lipinski definition) is 0. The Morgan fingerprint density at radius 2 is 1.43 bits per heavy atom. The van der Waals surface area contributed by atoms with Gasteiger partial charge in [0.15, 0.2) is 0 Å². The third-order valence-electron chi connectivity index (χ3n) is 1.49. The van der Waals surface area contributed by atoms with E-state index in [9.17, 15) is 9.46 Å². The number of hydrogen-bond acceptors (Lipinski definition) is 4. The fourth-order valence-corrected chi connectivity index (χ4v) is 1.46. The average Bonchev–Trinajstić information content (AvgIpc) is 2.05. The number of phosphoric acid groups is 1. The molecule has 0 bridgehead atoms. The van der Waals surface area contributed by atoms with Gasteiger partial charge in [-0.05, 0) is 12.8 Å². The fraction of sp³-hybridized carbons (Fsp3) is 1.00. The van der Waals surface area contributed by atoms with Crippen LogP contribution in [-0.2, 0) is 13.6 Å². The van der Waals surface area contributed by atoms with Crippen molar-refractivity contribution in [2.24, 2.45) is 0 Å². The molecule has 0 N–H and O–H groups in total. The van der Waals surface area contributed by atoms with E-state index in [2.05, 4.69) is 9.05 Å². The van der Waals surface area contributed by atoms with Crippen LogP contribution in [0.2, 0.25) is 0 Å². The van der Waals surface area contributed by atoms with Gasteiger partial charge >= 0.3 is 26.2 Å². The van der Waals surface area contributed by atoms with Crippen molar-refractivity contribution in [3.63, 3.8) is 0 Å². The van der Waals surface area contributed by atoms with E-state index < -0.39 is 7.82 Å². The Bertz CT molecular complexity index is 151. The van der Waals surface area contributed by atoms with Crippen LogP contribution >= 0.6 is 7.82 Å². The summed E-state index contributed by atoms with van der Waals surface area (Å²) < 4.78 is 20.2. The molecule has 0 aliphatic rings. The van der Waals surface area contributed by atoms with Crippen LogP contribution in [0.15, 0.2) is 0 Å². The van der Waals surface area contributed by atoms with Gasteiger partial charge in [-0.2, -0.15) is 0 Å². The third kappa shape index (κ3) is 11.1. The van der Waals surface area contributed by atoms with Gasteiger partial charge in [-0.3, -0.25) is 4.57 Å². The van der Waals surface area contributed by atoms with Crippen LogP contribution in [-0.4, -0.2) is 39.4 Å². The first-order chi connectivity index (χ1) is 6.12. The van der Waals surface area contributed by atoms with Crippen LogP contribution in [0.1, 0.15) is 39.5 Å². The molecule has 0 spiro atoms. The van der Waals surface area contributed by atoms with E-state index >= 15 is 0 Å². The van der Waals surface area contributed by atoms with Gasteiger partial charge in [-0.1, -0.05) is 26.7 Å². The van der Waals surface area contributed by atoms with E-state index in [1.165, 1.54) is 0 Å². The van der Waals surface area contributed by atoms with Crippen LogP contribution in [0.5, 0.6) is 0 Å². The number of unbranched alkanes of at least 4 members (excludes halogenated alkanes) is 2. The SMILES string of the molecule is CCCCOP(=O)([O-])OCCCC.[BiH2+].